The van der Waals surface area contributed by atoms with Crippen molar-refractivity contribution in [1.29, 1.82) is 0 Å². The van der Waals surface area contributed by atoms with Crippen LogP contribution in [0, 0.1) is 0 Å². The number of benzene rings is 1. The highest BCUT2D eigenvalue weighted by Crippen LogP contribution is 2.41. The van der Waals surface area contributed by atoms with Crippen LogP contribution in [0.25, 0.3) is 11.3 Å². The number of aryl methyl sites for hydroxylation is 1. The lowest BCUT2D eigenvalue weighted by atomic mass is 9.89. The number of amides is 1. The van der Waals surface area contributed by atoms with Gasteiger partial charge < -0.3 is 10.3 Å². The lowest BCUT2D eigenvalue weighted by molar-refractivity contribution is -0.116. The number of aromatic nitrogens is 4. The van der Waals surface area contributed by atoms with Crippen molar-refractivity contribution in [2.75, 3.05) is 5.32 Å². The van der Waals surface area contributed by atoms with Crippen molar-refractivity contribution in [2.45, 2.75) is 12.3 Å². The Morgan fingerprint density at radius 2 is 2.09 bits per heavy atom. The molecule has 4 rings (SSSR count). The van der Waals surface area contributed by atoms with E-state index in [2.05, 4.69) is 20.4 Å². The summed E-state index contributed by atoms with van der Waals surface area (Å²) in [6.45, 7) is 0. The Balaban J connectivity index is 1.94. The van der Waals surface area contributed by atoms with E-state index < -0.39 is 0 Å². The number of hydrogen-bond acceptors (Lipinski definition) is 3. The van der Waals surface area contributed by atoms with Crippen molar-refractivity contribution < 1.29 is 4.79 Å². The summed E-state index contributed by atoms with van der Waals surface area (Å²) in [7, 11) is 1.84. The van der Waals surface area contributed by atoms with Crippen molar-refractivity contribution in [2.24, 2.45) is 7.05 Å². The van der Waals surface area contributed by atoms with Gasteiger partial charge in [-0.3, -0.25) is 9.48 Å². The third kappa shape index (κ3) is 1.92. The van der Waals surface area contributed by atoms with Crippen LogP contribution >= 0.6 is 0 Å². The van der Waals surface area contributed by atoms with Gasteiger partial charge in [-0.2, -0.15) is 5.10 Å². The molecule has 22 heavy (non-hydrogen) atoms. The van der Waals surface area contributed by atoms with Gasteiger partial charge in [0, 0.05) is 37.0 Å². The third-order valence-electron chi connectivity index (χ3n) is 3.98. The number of carbonyl (C=O) groups is 1. The molecule has 6 nitrogen and oxygen atoms in total. The van der Waals surface area contributed by atoms with Gasteiger partial charge in [-0.05, 0) is 0 Å². The lowest BCUT2D eigenvalue weighted by Crippen LogP contribution is -2.25. The van der Waals surface area contributed by atoms with Crippen LogP contribution in [0.5, 0.6) is 0 Å². The number of fused-ring (bicyclic) bond motifs is 1. The first-order valence-electron chi connectivity index (χ1n) is 7.15. The first-order chi connectivity index (χ1) is 10.7. The quantitative estimate of drug-likeness (QED) is 0.761. The summed E-state index contributed by atoms with van der Waals surface area (Å²) in [6, 6.07) is 10.0. The fourth-order valence-corrected chi connectivity index (χ4v) is 3.00. The molecule has 0 saturated heterocycles. The molecule has 0 aliphatic carbocycles. The molecule has 0 fully saturated rings. The average Bonchev–Trinajstić information content (AvgIpc) is 3.16. The fourth-order valence-electron chi connectivity index (χ4n) is 3.00. The van der Waals surface area contributed by atoms with E-state index in [1.807, 2.05) is 37.4 Å². The van der Waals surface area contributed by atoms with Crippen LogP contribution < -0.4 is 5.32 Å². The van der Waals surface area contributed by atoms with Crippen LogP contribution in [0.3, 0.4) is 0 Å². The fraction of sp³-hybridized carbons (Fsp3) is 0.188. The summed E-state index contributed by atoms with van der Waals surface area (Å²) in [5.41, 5.74) is 2.94. The van der Waals surface area contributed by atoms with Crippen molar-refractivity contribution >= 4 is 11.7 Å². The minimum absolute atomic E-state index is 0.0171. The Kier molecular flexibility index (Phi) is 2.82. The number of nitrogens with one attached hydrogen (secondary N) is 2. The van der Waals surface area contributed by atoms with Crippen molar-refractivity contribution in [3.8, 4) is 11.3 Å². The van der Waals surface area contributed by atoms with Gasteiger partial charge in [0.25, 0.3) is 0 Å². The summed E-state index contributed by atoms with van der Waals surface area (Å²) in [5.74, 6) is 1.41. The van der Waals surface area contributed by atoms with Crippen LogP contribution in [0.2, 0.25) is 0 Å². The van der Waals surface area contributed by atoms with Crippen LogP contribution in [-0.4, -0.2) is 25.7 Å². The molecule has 1 aromatic carbocycles. The summed E-state index contributed by atoms with van der Waals surface area (Å²) >= 11 is 0. The Morgan fingerprint density at radius 1 is 1.27 bits per heavy atom. The number of aromatic amines is 1. The smallest absolute Gasteiger partial charge is 0.226 e. The third-order valence-corrected chi connectivity index (χ3v) is 3.98. The minimum atomic E-state index is -0.109. The van der Waals surface area contributed by atoms with E-state index in [0.29, 0.717) is 6.42 Å². The van der Waals surface area contributed by atoms with E-state index in [4.69, 9.17) is 0 Å². The normalized spacial score (nSPS) is 17.1. The van der Waals surface area contributed by atoms with E-state index in [1.54, 1.807) is 17.1 Å². The van der Waals surface area contributed by atoms with Gasteiger partial charge in [0.05, 0.1) is 11.6 Å². The van der Waals surface area contributed by atoms with Gasteiger partial charge >= 0.3 is 0 Å². The van der Waals surface area contributed by atoms with Crippen LogP contribution in [0.4, 0.5) is 5.82 Å². The maximum absolute atomic E-state index is 12.0. The molecule has 110 valence electrons. The average molecular weight is 293 g/mol. The van der Waals surface area contributed by atoms with Gasteiger partial charge in [-0.1, -0.05) is 30.3 Å². The summed E-state index contributed by atoms with van der Waals surface area (Å²) in [6.07, 6.45) is 3.85. The maximum atomic E-state index is 12.0. The molecule has 3 heterocycles. The lowest BCUT2D eigenvalue weighted by Gasteiger charge is -2.22. The highest BCUT2D eigenvalue weighted by atomic mass is 16.1. The molecule has 6 heteroatoms. The van der Waals surface area contributed by atoms with E-state index in [1.165, 1.54) is 0 Å². The second-order valence-corrected chi connectivity index (χ2v) is 5.38. The maximum Gasteiger partial charge on any atom is 0.226 e. The number of H-pyrrole nitrogens is 1. The molecule has 2 aromatic heterocycles. The van der Waals surface area contributed by atoms with Crippen molar-refractivity contribution in [1.82, 2.24) is 19.7 Å². The van der Waals surface area contributed by atoms with Crippen LogP contribution in [0.1, 0.15) is 23.7 Å². The van der Waals surface area contributed by atoms with Gasteiger partial charge in [-0.15, -0.1) is 0 Å². The molecule has 1 unspecified atom stereocenters. The predicted molar refractivity (Wildman–Crippen MR) is 82.3 cm³/mol. The SMILES string of the molecule is Cn1nc(-c2ccccc2)c2c1NC(=O)CC2c1ncc[nH]1. The Morgan fingerprint density at radius 3 is 2.82 bits per heavy atom. The molecule has 0 saturated carbocycles. The van der Waals surface area contributed by atoms with Crippen LogP contribution in [0.15, 0.2) is 42.7 Å². The number of imidazole rings is 1. The number of hydrogen-bond donors (Lipinski definition) is 2. The monoisotopic (exact) mass is 293 g/mol. The molecular formula is C16H15N5O. The summed E-state index contributed by atoms with van der Waals surface area (Å²) in [4.78, 5) is 19.5. The Hall–Kier alpha value is -2.89. The predicted octanol–water partition coefficient (Wildman–Crippen LogP) is 2.28. The van der Waals surface area contributed by atoms with E-state index in [-0.39, 0.29) is 11.8 Å². The molecule has 1 aliphatic heterocycles. The largest absolute Gasteiger partial charge is 0.348 e. The summed E-state index contributed by atoms with van der Waals surface area (Å²) in [5, 5.41) is 7.55. The topological polar surface area (TPSA) is 75.6 Å². The number of rotatable bonds is 2. The first kappa shape index (κ1) is 12.8. The minimum Gasteiger partial charge on any atom is -0.348 e. The molecule has 1 aliphatic rings. The van der Waals surface area contributed by atoms with Gasteiger partial charge in [0.2, 0.25) is 5.91 Å². The first-order valence-corrected chi connectivity index (χ1v) is 7.15. The van der Waals surface area contributed by atoms with E-state index in [0.717, 1.165) is 28.5 Å². The van der Waals surface area contributed by atoms with Crippen molar-refractivity contribution in [3.05, 3.63) is 54.1 Å². The van der Waals surface area contributed by atoms with E-state index >= 15 is 0 Å². The highest BCUT2D eigenvalue weighted by Gasteiger charge is 2.34. The standard InChI is InChI=1S/C16H15N5O/c1-21-16-13(14(20-21)10-5-3-2-4-6-10)11(9-12(22)19-16)15-17-7-8-18-15/h2-8,11H,9H2,1H3,(H,17,18)(H,19,22). The highest BCUT2D eigenvalue weighted by molar-refractivity contribution is 5.96. The molecule has 0 spiro atoms. The summed E-state index contributed by atoms with van der Waals surface area (Å²) < 4.78 is 1.73. The van der Waals surface area contributed by atoms with Gasteiger partial charge in [0.1, 0.15) is 11.6 Å². The Bertz CT molecular complexity index is 820. The second kappa shape index (κ2) is 4.84. The molecule has 0 bridgehead atoms. The number of nitrogens with zero attached hydrogens (tertiary/aromatic N) is 3. The van der Waals surface area contributed by atoms with Gasteiger partial charge in [0.15, 0.2) is 0 Å². The molecule has 1 amide bonds. The van der Waals surface area contributed by atoms with Crippen molar-refractivity contribution in [3.63, 3.8) is 0 Å². The van der Waals surface area contributed by atoms with E-state index in [9.17, 15) is 4.79 Å². The second-order valence-electron chi connectivity index (χ2n) is 5.38. The zero-order valence-corrected chi connectivity index (χ0v) is 12.1. The molecule has 0 radical (unpaired) electrons. The zero-order valence-electron chi connectivity index (χ0n) is 12.1. The molecule has 1 atom stereocenters. The number of carbonyl (C=O) groups excluding carboxylic acids is 1. The molecule has 3 aromatic rings. The zero-order chi connectivity index (χ0) is 15.1. The Labute approximate surface area is 127 Å². The number of anilines is 1. The molecular weight excluding hydrogens is 278 g/mol. The van der Waals surface area contributed by atoms with Crippen LogP contribution in [-0.2, 0) is 11.8 Å². The van der Waals surface area contributed by atoms with Gasteiger partial charge in [-0.25, -0.2) is 4.98 Å². The molecule has 2 N–H and O–H groups in total.